The number of H-pyrrole nitrogens is 1. The molecule has 0 bridgehead atoms. The van der Waals surface area contributed by atoms with Gasteiger partial charge >= 0.3 is 5.97 Å². The standard InChI is InChI=1S/C21H26N4O3/c1-5-28-21(27)18-11-22-25-19(26)10-17(23-20(18)25)13-24(4)12-15-6-8-16(9-7-15)14(2)3/h6-11,14,22H,5,12-13H2,1-4H3. The van der Waals surface area contributed by atoms with Crippen LogP contribution in [-0.4, -0.2) is 39.1 Å². The molecule has 1 aromatic carbocycles. The molecule has 0 spiro atoms. The lowest BCUT2D eigenvalue weighted by atomic mass is 10.0. The van der Waals surface area contributed by atoms with Crippen molar-refractivity contribution in [2.24, 2.45) is 0 Å². The van der Waals surface area contributed by atoms with Crippen LogP contribution in [0.1, 0.15) is 53.9 Å². The third-order valence-corrected chi connectivity index (χ3v) is 4.58. The highest BCUT2D eigenvalue weighted by Crippen LogP contribution is 2.16. The summed E-state index contributed by atoms with van der Waals surface area (Å²) >= 11 is 0. The Morgan fingerprint density at radius 3 is 2.61 bits per heavy atom. The van der Waals surface area contributed by atoms with E-state index in [1.54, 1.807) is 6.92 Å². The van der Waals surface area contributed by atoms with Crippen LogP contribution in [0.15, 0.2) is 41.3 Å². The first-order valence-electron chi connectivity index (χ1n) is 9.43. The first-order valence-corrected chi connectivity index (χ1v) is 9.43. The molecule has 0 unspecified atom stereocenters. The number of benzene rings is 1. The minimum atomic E-state index is -0.496. The van der Waals surface area contributed by atoms with Crippen molar-refractivity contribution in [3.63, 3.8) is 0 Å². The molecule has 0 aliphatic carbocycles. The number of esters is 1. The van der Waals surface area contributed by atoms with Crippen LogP contribution >= 0.6 is 0 Å². The summed E-state index contributed by atoms with van der Waals surface area (Å²) in [5.74, 6) is 0.00882. The third-order valence-electron chi connectivity index (χ3n) is 4.58. The van der Waals surface area contributed by atoms with E-state index in [-0.39, 0.29) is 23.4 Å². The Balaban J connectivity index is 1.78. The highest BCUT2D eigenvalue weighted by atomic mass is 16.5. The van der Waals surface area contributed by atoms with Gasteiger partial charge in [-0.3, -0.25) is 14.8 Å². The molecule has 0 amide bonds. The molecule has 0 saturated carbocycles. The second-order valence-electron chi connectivity index (χ2n) is 7.22. The average Bonchev–Trinajstić information content (AvgIpc) is 3.07. The van der Waals surface area contributed by atoms with Crippen molar-refractivity contribution in [3.8, 4) is 0 Å². The minimum Gasteiger partial charge on any atom is -0.462 e. The normalized spacial score (nSPS) is 11.5. The van der Waals surface area contributed by atoms with E-state index < -0.39 is 5.97 Å². The SMILES string of the molecule is CCOC(=O)c1c[nH]n2c(=O)cc(CN(C)Cc3ccc(C(C)C)cc3)nc12. The number of hydrogen-bond donors (Lipinski definition) is 1. The summed E-state index contributed by atoms with van der Waals surface area (Å²) in [7, 11) is 1.98. The number of carbonyl (C=O) groups is 1. The van der Waals surface area contributed by atoms with Crippen LogP contribution < -0.4 is 5.56 Å². The number of hydrogen-bond acceptors (Lipinski definition) is 5. The number of nitrogens with zero attached hydrogens (tertiary/aromatic N) is 3. The fourth-order valence-electron chi connectivity index (χ4n) is 3.12. The van der Waals surface area contributed by atoms with Crippen molar-refractivity contribution in [1.82, 2.24) is 19.5 Å². The minimum absolute atomic E-state index is 0.257. The van der Waals surface area contributed by atoms with Gasteiger partial charge in [0.25, 0.3) is 5.56 Å². The van der Waals surface area contributed by atoms with E-state index in [0.29, 0.717) is 18.2 Å². The van der Waals surface area contributed by atoms with Crippen molar-refractivity contribution in [3.05, 3.63) is 69.3 Å². The van der Waals surface area contributed by atoms with E-state index in [9.17, 15) is 9.59 Å². The number of aromatic nitrogens is 3. The van der Waals surface area contributed by atoms with E-state index in [1.807, 2.05) is 7.05 Å². The number of ether oxygens (including phenoxy) is 1. The molecule has 3 rings (SSSR count). The van der Waals surface area contributed by atoms with E-state index in [0.717, 1.165) is 6.54 Å². The molecule has 7 heteroatoms. The third kappa shape index (κ3) is 4.31. The highest BCUT2D eigenvalue weighted by Gasteiger charge is 2.17. The quantitative estimate of drug-likeness (QED) is 0.636. The lowest BCUT2D eigenvalue weighted by Gasteiger charge is -2.17. The molecule has 0 atom stereocenters. The molecule has 1 N–H and O–H groups in total. The number of carbonyl (C=O) groups excluding carboxylic acids is 1. The molecule has 0 saturated heterocycles. The topological polar surface area (TPSA) is 79.7 Å². The smallest absolute Gasteiger partial charge is 0.343 e. The number of aromatic amines is 1. The summed E-state index contributed by atoms with van der Waals surface area (Å²) in [5.41, 5.74) is 3.40. The Hall–Kier alpha value is -2.93. The fraction of sp³-hybridized carbons (Fsp3) is 0.381. The zero-order chi connectivity index (χ0) is 20.3. The predicted octanol–water partition coefficient (Wildman–Crippen LogP) is 2.95. The number of nitrogens with one attached hydrogen (secondary N) is 1. The summed E-state index contributed by atoms with van der Waals surface area (Å²) in [4.78, 5) is 31.0. The second-order valence-corrected chi connectivity index (χ2v) is 7.22. The van der Waals surface area contributed by atoms with Gasteiger partial charge in [-0.25, -0.2) is 14.3 Å². The lowest BCUT2D eigenvalue weighted by Crippen LogP contribution is -2.22. The Kier molecular flexibility index (Phi) is 5.94. The van der Waals surface area contributed by atoms with Crippen molar-refractivity contribution < 1.29 is 9.53 Å². The van der Waals surface area contributed by atoms with Gasteiger partial charge in [0.1, 0.15) is 5.56 Å². The van der Waals surface area contributed by atoms with Gasteiger partial charge in [-0.15, -0.1) is 0 Å². The van der Waals surface area contributed by atoms with Crippen molar-refractivity contribution in [1.29, 1.82) is 0 Å². The molecular formula is C21H26N4O3. The van der Waals surface area contributed by atoms with Crippen LogP contribution in [0, 0.1) is 0 Å². The zero-order valence-electron chi connectivity index (χ0n) is 16.7. The number of fused-ring (bicyclic) bond motifs is 1. The average molecular weight is 382 g/mol. The molecule has 7 nitrogen and oxygen atoms in total. The van der Waals surface area contributed by atoms with Gasteiger partial charge in [-0.2, -0.15) is 0 Å². The van der Waals surface area contributed by atoms with E-state index in [1.165, 1.54) is 27.9 Å². The Bertz CT molecular complexity index is 1020. The van der Waals surface area contributed by atoms with Crippen molar-refractivity contribution >= 4 is 11.6 Å². The van der Waals surface area contributed by atoms with Gasteiger partial charge < -0.3 is 4.74 Å². The largest absolute Gasteiger partial charge is 0.462 e. The molecule has 2 aromatic heterocycles. The first-order chi connectivity index (χ1) is 13.4. The van der Waals surface area contributed by atoms with Gasteiger partial charge in [0, 0.05) is 25.4 Å². The van der Waals surface area contributed by atoms with Crippen molar-refractivity contribution in [2.45, 2.75) is 39.8 Å². The van der Waals surface area contributed by atoms with E-state index in [4.69, 9.17) is 4.74 Å². The van der Waals surface area contributed by atoms with Gasteiger partial charge in [-0.1, -0.05) is 38.1 Å². The molecule has 2 heterocycles. The van der Waals surface area contributed by atoms with Crippen LogP contribution in [-0.2, 0) is 17.8 Å². The molecule has 0 fully saturated rings. The molecular weight excluding hydrogens is 356 g/mol. The van der Waals surface area contributed by atoms with Crippen molar-refractivity contribution in [2.75, 3.05) is 13.7 Å². The molecule has 0 radical (unpaired) electrons. The molecule has 28 heavy (non-hydrogen) atoms. The van der Waals surface area contributed by atoms with Crippen LogP contribution in [0.25, 0.3) is 5.65 Å². The van der Waals surface area contributed by atoms with Crippen LogP contribution in [0.5, 0.6) is 0 Å². The Morgan fingerprint density at radius 1 is 1.25 bits per heavy atom. The zero-order valence-corrected chi connectivity index (χ0v) is 16.7. The van der Waals surface area contributed by atoms with Gasteiger partial charge in [0.2, 0.25) is 0 Å². The summed E-state index contributed by atoms with van der Waals surface area (Å²) in [5, 5.41) is 2.76. The maximum Gasteiger partial charge on any atom is 0.343 e. The first kappa shape index (κ1) is 19.8. The fourth-order valence-corrected chi connectivity index (χ4v) is 3.12. The summed E-state index contributed by atoms with van der Waals surface area (Å²) in [6, 6.07) is 10.0. The molecule has 148 valence electrons. The Labute approximate surface area is 163 Å². The monoisotopic (exact) mass is 382 g/mol. The molecule has 3 aromatic rings. The second kappa shape index (κ2) is 8.39. The van der Waals surface area contributed by atoms with Gasteiger partial charge in [0.05, 0.1) is 12.3 Å². The molecule has 0 aliphatic rings. The molecule has 0 aliphatic heterocycles. The predicted molar refractivity (Wildman–Crippen MR) is 107 cm³/mol. The summed E-state index contributed by atoms with van der Waals surface area (Å²) < 4.78 is 6.29. The van der Waals surface area contributed by atoms with Crippen LogP contribution in [0.3, 0.4) is 0 Å². The van der Waals surface area contributed by atoms with Crippen LogP contribution in [0.4, 0.5) is 0 Å². The number of rotatable bonds is 7. The summed E-state index contributed by atoms with van der Waals surface area (Å²) in [6.07, 6.45) is 1.45. The maximum absolute atomic E-state index is 12.4. The maximum atomic E-state index is 12.4. The lowest BCUT2D eigenvalue weighted by molar-refractivity contribution is 0.0528. The summed E-state index contributed by atoms with van der Waals surface area (Å²) in [6.45, 7) is 7.57. The highest BCUT2D eigenvalue weighted by molar-refractivity contribution is 5.95. The van der Waals surface area contributed by atoms with E-state index in [2.05, 4.69) is 53.1 Å². The van der Waals surface area contributed by atoms with Gasteiger partial charge in [-0.05, 0) is 31.0 Å². The van der Waals surface area contributed by atoms with Gasteiger partial charge in [0.15, 0.2) is 5.65 Å². The van der Waals surface area contributed by atoms with E-state index >= 15 is 0 Å². The Morgan fingerprint density at radius 2 is 1.96 bits per heavy atom. The van der Waals surface area contributed by atoms with Crippen LogP contribution in [0.2, 0.25) is 0 Å².